The lowest BCUT2D eigenvalue weighted by atomic mass is 10.2. The molecule has 4 rings (SSSR count). The van der Waals surface area contributed by atoms with Gasteiger partial charge in [-0.15, -0.1) is 11.3 Å². The summed E-state index contributed by atoms with van der Waals surface area (Å²) in [5.41, 5.74) is 3.12. The molecule has 1 aromatic heterocycles. The summed E-state index contributed by atoms with van der Waals surface area (Å²) in [6.45, 7) is 4.59. The zero-order valence-electron chi connectivity index (χ0n) is 15.3. The molecule has 0 spiro atoms. The van der Waals surface area contributed by atoms with Gasteiger partial charge in [0, 0.05) is 43.7 Å². The average Bonchev–Trinajstić information content (AvgIpc) is 3.18. The van der Waals surface area contributed by atoms with Crippen LogP contribution in [0.15, 0.2) is 53.9 Å². The molecular weight excluding hydrogens is 358 g/mol. The quantitative estimate of drug-likeness (QED) is 0.728. The Balaban J connectivity index is 1.37. The van der Waals surface area contributed by atoms with Crippen molar-refractivity contribution in [2.24, 2.45) is 0 Å². The molecule has 0 amide bonds. The molecule has 5 nitrogen and oxygen atoms in total. The van der Waals surface area contributed by atoms with E-state index in [1.165, 1.54) is 0 Å². The van der Waals surface area contributed by atoms with Crippen molar-refractivity contribution in [2.45, 2.75) is 6.54 Å². The molecule has 1 N–H and O–H groups in total. The van der Waals surface area contributed by atoms with Gasteiger partial charge >= 0.3 is 0 Å². The van der Waals surface area contributed by atoms with Crippen LogP contribution in [0.4, 0.5) is 5.69 Å². The Hall–Kier alpha value is -2.57. The second-order valence-corrected chi connectivity index (χ2v) is 7.49. The van der Waals surface area contributed by atoms with E-state index >= 15 is 0 Å². The fourth-order valence-corrected chi connectivity index (χ4v) is 4.18. The molecule has 3 aromatic rings. The maximum atomic E-state index is 10.0. The third-order valence-electron chi connectivity index (χ3n) is 4.85. The minimum Gasteiger partial charge on any atom is -0.506 e. The number of aromatic hydroxyl groups is 1. The molecule has 0 radical (unpaired) electrons. The normalized spacial score (nSPS) is 15.1. The maximum Gasteiger partial charge on any atom is 0.138 e. The van der Waals surface area contributed by atoms with Crippen molar-refractivity contribution < 1.29 is 9.84 Å². The van der Waals surface area contributed by atoms with Crippen molar-refractivity contribution in [3.8, 4) is 22.1 Å². The van der Waals surface area contributed by atoms with Gasteiger partial charge in [0.15, 0.2) is 0 Å². The van der Waals surface area contributed by atoms with Crippen LogP contribution in [0.5, 0.6) is 11.5 Å². The van der Waals surface area contributed by atoms with Crippen LogP contribution in [-0.4, -0.2) is 48.3 Å². The van der Waals surface area contributed by atoms with Gasteiger partial charge in [0.1, 0.15) is 16.5 Å². The van der Waals surface area contributed by atoms with Gasteiger partial charge in [0.25, 0.3) is 0 Å². The summed E-state index contributed by atoms with van der Waals surface area (Å²) in [5.74, 6) is 1.21. The number of methoxy groups -OCH3 is 1. The Morgan fingerprint density at radius 1 is 1.07 bits per heavy atom. The number of anilines is 1. The lowest BCUT2D eigenvalue weighted by molar-refractivity contribution is 0.247. The predicted molar refractivity (Wildman–Crippen MR) is 110 cm³/mol. The molecule has 0 atom stereocenters. The minimum atomic E-state index is 0.355. The summed E-state index contributed by atoms with van der Waals surface area (Å²) in [5, 5.41) is 13.2. The largest absolute Gasteiger partial charge is 0.506 e. The smallest absolute Gasteiger partial charge is 0.138 e. The first-order valence-corrected chi connectivity index (χ1v) is 9.95. The number of piperazine rings is 1. The van der Waals surface area contributed by atoms with Crippen LogP contribution in [0.2, 0.25) is 0 Å². The topological polar surface area (TPSA) is 48.8 Å². The molecule has 1 fully saturated rings. The summed E-state index contributed by atoms with van der Waals surface area (Å²) < 4.78 is 5.31. The summed E-state index contributed by atoms with van der Waals surface area (Å²) in [6.07, 6.45) is 0. The van der Waals surface area contributed by atoms with Crippen molar-refractivity contribution in [2.75, 3.05) is 38.2 Å². The van der Waals surface area contributed by atoms with E-state index in [-0.39, 0.29) is 0 Å². The van der Waals surface area contributed by atoms with E-state index in [9.17, 15) is 5.11 Å². The highest BCUT2D eigenvalue weighted by Gasteiger charge is 2.20. The molecule has 0 bridgehead atoms. The van der Waals surface area contributed by atoms with Crippen LogP contribution in [-0.2, 0) is 6.54 Å². The van der Waals surface area contributed by atoms with E-state index in [0.717, 1.165) is 60.4 Å². The Labute approximate surface area is 163 Å². The summed E-state index contributed by atoms with van der Waals surface area (Å²) in [4.78, 5) is 9.47. The van der Waals surface area contributed by atoms with Crippen LogP contribution in [0.25, 0.3) is 10.6 Å². The second-order valence-electron chi connectivity index (χ2n) is 6.63. The highest BCUT2D eigenvalue weighted by Crippen LogP contribution is 2.29. The standard InChI is InChI=1S/C21H23N3O2S/c1-26-18-6-4-5-16(13-18)21-22-17(15-27-21)14-23-9-11-24(12-10-23)19-7-2-3-8-20(19)25/h2-8,13,15,25H,9-12,14H2,1H3. The van der Waals surface area contributed by atoms with Gasteiger partial charge in [-0.3, -0.25) is 4.90 Å². The van der Waals surface area contributed by atoms with Crippen LogP contribution < -0.4 is 9.64 Å². The predicted octanol–water partition coefficient (Wildman–Crippen LogP) is 3.85. The molecule has 140 valence electrons. The molecule has 2 aromatic carbocycles. The molecular formula is C21H23N3O2S. The monoisotopic (exact) mass is 381 g/mol. The number of para-hydroxylation sites is 2. The number of rotatable bonds is 5. The summed E-state index contributed by atoms with van der Waals surface area (Å²) >= 11 is 1.67. The van der Waals surface area contributed by atoms with E-state index in [0.29, 0.717) is 5.75 Å². The molecule has 27 heavy (non-hydrogen) atoms. The lowest BCUT2D eigenvalue weighted by Crippen LogP contribution is -2.46. The fraction of sp³-hybridized carbons (Fsp3) is 0.286. The number of hydrogen-bond acceptors (Lipinski definition) is 6. The molecule has 1 aliphatic rings. The first kappa shape index (κ1) is 17.8. The first-order valence-electron chi connectivity index (χ1n) is 9.07. The first-order chi connectivity index (χ1) is 13.2. The summed E-state index contributed by atoms with van der Waals surface area (Å²) in [6, 6.07) is 15.6. The van der Waals surface area contributed by atoms with Crippen molar-refractivity contribution >= 4 is 17.0 Å². The van der Waals surface area contributed by atoms with Crippen LogP contribution >= 0.6 is 11.3 Å². The fourth-order valence-electron chi connectivity index (χ4n) is 3.38. The van der Waals surface area contributed by atoms with Gasteiger partial charge in [-0.25, -0.2) is 4.98 Å². The van der Waals surface area contributed by atoms with E-state index in [1.807, 2.05) is 36.4 Å². The van der Waals surface area contributed by atoms with E-state index in [2.05, 4.69) is 21.2 Å². The molecule has 1 aliphatic heterocycles. The number of hydrogen-bond donors (Lipinski definition) is 1. The number of nitrogens with zero attached hydrogens (tertiary/aromatic N) is 3. The van der Waals surface area contributed by atoms with Gasteiger partial charge in [0.05, 0.1) is 18.5 Å². The molecule has 0 saturated carbocycles. The number of phenols is 1. The van der Waals surface area contributed by atoms with Crippen molar-refractivity contribution in [3.05, 3.63) is 59.6 Å². The third-order valence-corrected chi connectivity index (χ3v) is 5.79. The highest BCUT2D eigenvalue weighted by atomic mass is 32.1. The number of thiazole rings is 1. The van der Waals surface area contributed by atoms with Crippen LogP contribution in [0.3, 0.4) is 0 Å². The van der Waals surface area contributed by atoms with Gasteiger partial charge in [-0.2, -0.15) is 0 Å². The second kappa shape index (κ2) is 7.98. The van der Waals surface area contributed by atoms with Crippen molar-refractivity contribution in [3.63, 3.8) is 0 Å². The lowest BCUT2D eigenvalue weighted by Gasteiger charge is -2.36. The van der Waals surface area contributed by atoms with Crippen molar-refractivity contribution in [1.82, 2.24) is 9.88 Å². The average molecular weight is 382 g/mol. The summed E-state index contributed by atoms with van der Waals surface area (Å²) in [7, 11) is 1.68. The maximum absolute atomic E-state index is 10.0. The van der Waals surface area contributed by atoms with Crippen LogP contribution in [0, 0.1) is 0 Å². The Bertz CT molecular complexity index is 904. The molecule has 6 heteroatoms. The highest BCUT2D eigenvalue weighted by molar-refractivity contribution is 7.13. The Kier molecular flexibility index (Phi) is 5.27. The number of phenolic OH excluding ortho intramolecular Hbond substituents is 1. The van der Waals surface area contributed by atoms with Gasteiger partial charge in [-0.1, -0.05) is 24.3 Å². The number of aromatic nitrogens is 1. The SMILES string of the molecule is COc1cccc(-c2nc(CN3CCN(c4ccccc4O)CC3)cs2)c1. The van der Waals surface area contributed by atoms with Gasteiger partial charge in [-0.05, 0) is 24.3 Å². The Morgan fingerprint density at radius 2 is 1.89 bits per heavy atom. The van der Waals surface area contributed by atoms with E-state index in [4.69, 9.17) is 9.72 Å². The molecule has 2 heterocycles. The van der Waals surface area contributed by atoms with Gasteiger partial charge in [0.2, 0.25) is 0 Å². The third kappa shape index (κ3) is 4.07. The number of ether oxygens (including phenoxy) is 1. The zero-order chi connectivity index (χ0) is 18.6. The van der Waals surface area contributed by atoms with E-state index in [1.54, 1.807) is 24.5 Å². The Morgan fingerprint density at radius 3 is 2.67 bits per heavy atom. The number of benzene rings is 2. The molecule has 1 saturated heterocycles. The van der Waals surface area contributed by atoms with Crippen molar-refractivity contribution in [1.29, 1.82) is 0 Å². The minimum absolute atomic E-state index is 0.355. The molecule has 0 aliphatic carbocycles. The molecule has 0 unspecified atom stereocenters. The van der Waals surface area contributed by atoms with E-state index < -0.39 is 0 Å². The zero-order valence-corrected chi connectivity index (χ0v) is 16.2. The van der Waals surface area contributed by atoms with Gasteiger partial charge < -0.3 is 14.7 Å². The van der Waals surface area contributed by atoms with Crippen LogP contribution in [0.1, 0.15) is 5.69 Å².